The highest BCUT2D eigenvalue weighted by molar-refractivity contribution is 6.13. The Balaban J connectivity index is 1.20. The Morgan fingerprint density at radius 1 is 0.319 bits per heavy atom. The number of fused-ring (bicyclic) bond motifs is 6. The second-order valence-electron chi connectivity index (χ2n) is 17.1. The van der Waals surface area contributed by atoms with Gasteiger partial charge >= 0.3 is 6.18 Å². The quantitative estimate of drug-likeness (QED) is 0.162. The summed E-state index contributed by atoms with van der Waals surface area (Å²) in [7, 11) is 0. The number of nitriles is 6. The molecule has 9 aromatic carbocycles. The standard InChI is InChI=1S/C61H29F3N8/c62-61(63,64)45-15-19-48(44(26-45)35-70)41-12-18-51(60(29-41)72-56-8-4-2-6-50(56)54-28-40(14-22-59(54)72)47-17-10-37(31-66)24-43(47)34-69)52-25-38(32-67)11-20-57(52)71-55-7-3-1-5-49(55)53-27-39(13-21-58(53)71)46-16-9-36(30-65)23-42(46)33-68/h1-29H. The molecule has 0 spiro atoms. The molecule has 2 heterocycles. The first-order chi connectivity index (χ1) is 35.0. The van der Waals surface area contributed by atoms with Gasteiger partial charge in [0.1, 0.15) is 0 Å². The zero-order valence-electron chi connectivity index (χ0n) is 37.5. The molecule has 11 heteroatoms. The lowest BCUT2D eigenvalue weighted by molar-refractivity contribution is -0.137. The van der Waals surface area contributed by atoms with Crippen LogP contribution >= 0.6 is 0 Å². The Morgan fingerprint density at radius 3 is 1.25 bits per heavy atom. The molecule has 0 aliphatic rings. The van der Waals surface area contributed by atoms with Crippen LogP contribution in [-0.2, 0) is 6.18 Å². The Kier molecular flexibility index (Phi) is 10.4. The number of rotatable bonds is 6. The fourth-order valence-electron chi connectivity index (χ4n) is 9.91. The molecule has 0 radical (unpaired) electrons. The lowest BCUT2D eigenvalue weighted by Gasteiger charge is -2.20. The average molecular weight is 931 g/mol. The van der Waals surface area contributed by atoms with Crippen LogP contribution in [0.5, 0.6) is 0 Å². The van der Waals surface area contributed by atoms with Crippen LogP contribution in [0.2, 0.25) is 0 Å². The molecular weight excluding hydrogens is 902 g/mol. The van der Waals surface area contributed by atoms with Gasteiger partial charge in [-0.15, -0.1) is 0 Å². The molecule has 0 fully saturated rings. The smallest absolute Gasteiger partial charge is 0.309 e. The Morgan fingerprint density at radius 2 is 0.736 bits per heavy atom. The van der Waals surface area contributed by atoms with E-state index < -0.39 is 11.7 Å². The highest BCUT2D eigenvalue weighted by Crippen LogP contribution is 2.45. The van der Waals surface area contributed by atoms with Gasteiger partial charge in [0.2, 0.25) is 0 Å². The van der Waals surface area contributed by atoms with Crippen molar-refractivity contribution in [1.82, 2.24) is 9.13 Å². The molecule has 11 aromatic rings. The third-order valence-electron chi connectivity index (χ3n) is 13.2. The Hall–Kier alpha value is -10.7. The van der Waals surface area contributed by atoms with Crippen molar-refractivity contribution >= 4 is 43.6 Å². The van der Waals surface area contributed by atoms with Crippen molar-refractivity contribution in [2.24, 2.45) is 0 Å². The van der Waals surface area contributed by atoms with E-state index in [1.54, 1.807) is 48.5 Å². The lowest BCUT2D eigenvalue weighted by atomic mass is 9.93. The van der Waals surface area contributed by atoms with Crippen LogP contribution in [-0.4, -0.2) is 9.13 Å². The molecule has 11 rings (SSSR count). The second-order valence-corrected chi connectivity index (χ2v) is 17.1. The van der Waals surface area contributed by atoms with Crippen LogP contribution < -0.4 is 0 Å². The largest absolute Gasteiger partial charge is 0.416 e. The van der Waals surface area contributed by atoms with Crippen molar-refractivity contribution in [3.8, 4) is 92.3 Å². The molecule has 0 saturated carbocycles. The number of alkyl halides is 3. The summed E-state index contributed by atoms with van der Waals surface area (Å²) in [4.78, 5) is 0. The number of aromatic nitrogens is 2. The molecule has 0 unspecified atom stereocenters. The van der Waals surface area contributed by atoms with Crippen molar-refractivity contribution < 1.29 is 13.2 Å². The predicted octanol–water partition coefficient (Wildman–Crippen LogP) is 14.8. The SMILES string of the molecule is N#Cc1ccc(-c2ccc3c(c2)c2ccccc2n3-c2ccc(C#N)cc2-c2ccc(-c3ccc(C(F)(F)F)cc3C#N)cc2-n2c3ccccc3c3cc(-c4ccc(C#N)cc4C#N)ccc32)c(C#N)c1. The molecule has 2 aromatic heterocycles. The molecule has 0 bridgehead atoms. The van der Waals surface area contributed by atoms with Crippen LogP contribution in [0.3, 0.4) is 0 Å². The van der Waals surface area contributed by atoms with E-state index in [1.807, 2.05) is 115 Å². The van der Waals surface area contributed by atoms with Gasteiger partial charge in [-0.3, -0.25) is 0 Å². The highest BCUT2D eigenvalue weighted by atomic mass is 19.4. The Bertz CT molecular complexity index is 4420. The van der Waals surface area contributed by atoms with E-state index in [-0.39, 0.29) is 11.1 Å². The molecule has 0 aliphatic heterocycles. The van der Waals surface area contributed by atoms with Crippen LogP contribution in [0.15, 0.2) is 176 Å². The summed E-state index contributed by atoms with van der Waals surface area (Å²) >= 11 is 0. The van der Waals surface area contributed by atoms with E-state index >= 15 is 0 Å². The fraction of sp³-hybridized carbons (Fsp3) is 0.0164. The summed E-state index contributed by atoms with van der Waals surface area (Å²) in [6, 6.07) is 64.6. The first kappa shape index (κ1) is 43.9. The third-order valence-corrected chi connectivity index (χ3v) is 13.2. The summed E-state index contributed by atoms with van der Waals surface area (Å²) in [5, 5.41) is 63.7. The maximum Gasteiger partial charge on any atom is 0.416 e. The van der Waals surface area contributed by atoms with Gasteiger partial charge in [0.05, 0.1) is 109 Å². The zero-order chi connectivity index (χ0) is 49.8. The van der Waals surface area contributed by atoms with Gasteiger partial charge in [0.25, 0.3) is 0 Å². The number of hydrogen-bond acceptors (Lipinski definition) is 6. The van der Waals surface area contributed by atoms with Crippen molar-refractivity contribution in [2.45, 2.75) is 6.18 Å². The van der Waals surface area contributed by atoms with Gasteiger partial charge in [0, 0.05) is 32.7 Å². The van der Waals surface area contributed by atoms with Gasteiger partial charge in [-0.2, -0.15) is 44.7 Å². The predicted molar refractivity (Wildman–Crippen MR) is 270 cm³/mol. The maximum absolute atomic E-state index is 14.0. The summed E-state index contributed by atoms with van der Waals surface area (Å²) in [6.07, 6.45) is -4.67. The van der Waals surface area contributed by atoms with Gasteiger partial charge < -0.3 is 9.13 Å². The van der Waals surface area contributed by atoms with Gasteiger partial charge in [-0.1, -0.05) is 78.9 Å². The molecule has 72 heavy (non-hydrogen) atoms. The molecule has 8 nitrogen and oxygen atoms in total. The van der Waals surface area contributed by atoms with Crippen molar-refractivity contribution in [2.75, 3.05) is 0 Å². The first-order valence-corrected chi connectivity index (χ1v) is 22.3. The molecular formula is C61H29F3N8. The van der Waals surface area contributed by atoms with E-state index in [2.05, 4.69) is 39.5 Å². The van der Waals surface area contributed by atoms with Gasteiger partial charge in [0.15, 0.2) is 0 Å². The van der Waals surface area contributed by atoms with Crippen LogP contribution in [0.25, 0.3) is 99.5 Å². The monoisotopic (exact) mass is 930 g/mol. The van der Waals surface area contributed by atoms with Gasteiger partial charge in [-0.05, 0) is 130 Å². The minimum Gasteiger partial charge on any atom is -0.309 e. The van der Waals surface area contributed by atoms with E-state index in [1.165, 1.54) is 6.07 Å². The van der Waals surface area contributed by atoms with Crippen molar-refractivity contribution in [1.29, 1.82) is 31.6 Å². The number of benzene rings is 9. The Labute approximate surface area is 409 Å². The fourth-order valence-corrected chi connectivity index (χ4v) is 9.91. The molecule has 0 N–H and O–H groups in total. The summed E-state index contributed by atoms with van der Waals surface area (Å²) < 4.78 is 46.2. The molecule has 0 amide bonds. The number of halogens is 3. The number of nitrogens with zero attached hydrogens (tertiary/aromatic N) is 8. The topological polar surface area (TPSA) is 153 Å². The van der Waals surface area contributed by atoms with Crippen LogP contribution in [0.1, 0.15) is 38.9 Å². The van der Waals surface area contributed by atoms with Crippen LogP contribution in [0.4, 0.5) is 13.2 Å². The second kappa shape index (κ2) is 17.1. The number of hydrogen-bond donors (Lipinski definition) is 0. The van der Waals surface area contributed by atoms with E-state index in [9.17, 15) is 44.7 Å². The van der Waals surface area contributed by atoms with Gasteiger partial charge in [-0.25, -0.2) is 0 Å². The van der Waals surface area contributed by atoms with E-state index in [0.717, 1.165) is 66.9 Å². The van der Waals surface area contributed by atoms with E-state index in [4.69, 9.17) is 0 Å². The van der Waals surface area contributed by atoms with Crippen LogP contribution in [0, 0.1) is 68.0 Å². The summed E-state index contributed by atoms with van der Waals surface area (Å²) in [5.41, 5.74) is 10.1. The molecule has 0 atom stereocenters. The zero-order valence-corrected chi connectivity index (χ0v) is 37.5. The normalized spacial score (nSPS) is 11.2. The average Bonchev–Trinajstić information content (AvgIpc) is 3.93. The molecule has 0 saturated heterocycles. The van der Waals surface area contributed by atoms with Crippen molar-refractivity contribution in [3.05, 3.63) is 215 Å². The first-order valence-electron chi connectivity index (χ1n) is 22.3. The molecule has 334 valence electrons. The lowest BCUT2D eigenvalue weighted by Crippen LogP contribution is -2.05. The molecule has 0 aliphatic carbocycles. The van der Waals surface area contributed by atoms with Crippen molar-refractivity contribution in [3.63, 3.8) is 0 Å². The minimum atomic E-state index is -4.67. The van der Waals surface area contributed by atoms with E-state index in [0.29, 0.717) is 67.0 Å². The maximum atomic E-state index is 14.0. The summed E-state index contributed by atoms with van der Waals surface area (Å²) in [5.74, 6) is 0. The summed E-state index contributed by atoms with van der Waals surface area (Å²) in [6.45, 7) is 0. The minimum absolute atomic E-state index is 0.161. The third kappa shape index (κ3) is 7.12. The highest BCUT2D eigenvalue weighted by Gasteiger charge is 2.31. The number of para-hydroxylation sites is 2.